The molecule has 2 aromatic carbocycles. The number of rotatable bonds is 8. The van der Waals surface area contributed by atoms with E-state index in [0.717, 1.165) is 11.1 Å². The number of sulfone groups is 1. The maximum atomic E-state index is 12.7. The number of halogens is 1. The van der Waals surface area contributed by atoms with Gasteiger partial charge in [-0.1, -0.05) is 37.6 Å². The third-order valence-electron chi connectivity index (χ3n) is 4.51. The summed E-state index contributed by atoms with van der Waals surface area (Å²) >= 11 is 6.04. The minimum absolute atomic E-state index is 0.214. The molecule has 1 amide bonds. The van der Waals surface area contributed by atoms with Gasteiger partial charge in [-0.3, -0.25) is 4.79 Å². The molecule has 0 heterocycles. The highest BCUT2D eigenvalue weighted by molar-refractivity contribution is 7.90. The van der Waals surface area contributed by atoms with E-state index in [0.29, 0.717) is 23.6 Å². The van der Waals surface area contributed by atoms with E-state index in [-0.39, 0.29) is 16.8 Å². The molecule has 0 spiro atoms. The van der Waals surface area contributed by atoms with Crippen molar-refractivity contribution in [2.45, 2.75) is 50.7 Å². The van der Waals surface area contributed by atoms with Crippen LogP contribution in [0.2, 0.25) is 5.02 Å². The Bertz CT molecular complexity index is 926. The fourth-order valence-corrected chi connectivity index (χ4v) is 3.56. The Morgan fingerprint density at radius 3 is 2.25 bits per heavy atom. The minimum Gasteiger partial charge on any atom is -0.481 e. The van der Waals surface area contributed by atoms with Gasteiger partial charge >= 0.3 is 0 Å². The Morgan fingerprint density at radius 1 is 1.11 bits per heavy atom. The molecule has 0 aliphatic heterocycles. The van der Waals surface area contributed by atoms with Gasteiger partial charge in [0.05, 0.1) is 10.9 Å². The van der Waals surface area contributed by atoms with Crippen LogP contribution >= 0.6 is 11.6 Å². The third kappa shape index (κ3) is 5.72. The van der Waals surface area contributed by atoms with Crippen LogP contribution in [-0.2, 0) is 14.6 Å². The van der Waals surface area contributed by atoms with Crippen LogP contribution in [0, 0.1) is 6.92 Å². The van der Waals surface area contributed by atoms with E-state index in [2.05, 4.69) is 5.32 Å². The smallest absolute Gasteiger partial charge is 0.261 e. The van der Waals surface area contributed by atoms with Crippen LogP contribution in [0.3, 0.4) is 0 Å². The molecule has 5 nitrogen and oxygen atoms in total. The van der Waals surface area contributed by atoms with E-state index in [1.54, 1.807) is 42.5 Å². The van der Waals surface area contributed by atoms with Crippen molar-refractivity contribution in [1.29, 1.82) is 0 Å². The zero-order valence-electron chi connectivity index (χ0n) is 16.5. The molecule has 0 aliphatic carbocycles. The number of hydrogen-bond donors (Lipinski definition) is 1. The van der Waals surface area contributed by atoms with Gasteiger partial charge in [0, 0.05) is 11.3 Å². The summed E-state index contributed by atoms with van der Waals surface area (Å²) in [6, 6.07) is 11.6. The van der Waals surface area contributed by atoms with Crippen LogP contribution < -0.4 is 10.1 Å². The molecular weight excluding hydrogens is 398 g/mol. The molecule has 2 rings (SSSR count). The molecule has 7 heteroatoms. The lowest BCUT2D eigenvalue weighted by atomic mass is 10.0. The second-order valence-corrected chi connectivity index (χ2v) is 9.16. The summed E-state index contributed by atoms with van der Waals surface area (Å²) in [4.78, 5) is 13.0. The molecule has 0 saturated heterocycles. The molecule has 0 fully saturated rings. The van der Waals surface area contributed by atoms with E-state index < -0.39 is 15.9 Å². The van der Waals surface area contributed by atoms with Crippen LogP contribution in [0.1, 0.15) is 43.9 Å². The number of benzene rings is 2. The van der Waals surface area contributed by atoms with Crippen molar-refractivity contribution < 1.29 is 17.9 Å². The van der Waals surface area contributed by atoms with Crippen LogP contribution in [-0.4, -0.2) is 26.7 Å². The minimum atomic E-state index is -3.25. The first-order valence-corrected chi connectivity index (χ1v) is 11.5. The number of ether oxygens (including phenoxy) is 1. The molecule has 0 aliphatic rings. The van der Waals surface area contributed by atoms with Gasteiger partial charge in [-0.25, -0.2) is 8.42 Å². The Morgan fingerprint density at radius 2 is 1.75 bits per heavy atom. The van der Waals surface area contributed by atoms with Crippen molar-refractivity contribution in [2.24, 2.45) is 0 Å². The van der Waals surface area contributed by atoms with Crippen molar-refractivity contribution in [3.63, 3.8) is 0 Å². The number of hydrogen-bond acceptors (Lipinski definition) is 4. The summed E-state index contributed by atoms with van der Waals surface area (Å²) in [5, 5.41) is 3.65. The summed E-state index contributed by atoms with van der Waals surface area (Å²) in [5.41, 5.74) is 1.73. The summed E-state index contributed by atoms with van der Waals surface area (Å²) in [5.74, 6) is 0.378. The maximum Gasteiger partial charge on any atom is 0.261 e. The van der Waals surface area contributed by atoms with E-state index >= 15 is 0 Å². The lowest BCUT2D eigenvalue weighted by molar-refractivity contribution is -0.128. The molecular formula is C21H26ClNO4S. The monoisotopic (exact) mass is 423 g/mol. The van der Waals surface area contributed by atoms with Gasteiger partial charge in [-0.2, -0.15) is 0 Å². The summed E-state index contributed by atoms with van der Waals surface area (Å²) in [6.45, 7) is 5.72. The molecule has 0 saturated carbocycles. The number of aryl methyl sites for hydroxylation is 1. The van der Waals surface area contributed by atoms with Crippen molar-refractivity contribution >= 4 is 27.3 Å². The summed E-state index contributed by atoms with van der Waals surface area (Å²) in [6.07, 6.45) is 1.71. The molecule has 0 unspecified atom stereocenters. The first kappa shape index (κ1) is 22.2. The van der Waals surface area contributed by atoms with Gasteiger partial charge in [0.25, 0.3) is 5.91 Å². The quantitative estimate of drug-likeness (QED) is 0.679. The molecule has 0 radical (unpaired) electrons. The maximum absolute atomic E-state index is 12.7. The largest absolute Gasteiger partial charge is 0.481 e. The molecule has 28 heavy (non-hydrogen) atoms. The van der Waals surface area contributed by atoms with Gasteiger partial charge in [0.2, 0.25) is 0 Å². The van der Waals surface area contributed by atoms with Gasteiger partial charge < -0.3 is 10.1 Å². The zero-order chi connectivity index (χ0) is 20.9. The SMILES string of the molecule is CC[C@H](Oc1ccc(Cl)c(C)c1)C(=O)N[C@@H](CC)c1ccc(S(C)(=O)=O)cc1. The Hall–Kier alpha value is -2.05. The Balaban J connectivity index is 2.11. The highest BCUT2D eigenvalue weighted by Gasteiger charge is 2.22. The van der Waals surface area contributed by atoms with Crippen molar-refractivity contribution in [3.05, 3.63) is 58.6 Å². The molecule has 0 aromatic heterocycles. The van der Waals surface area contributed by atoms with Crippen molar-refractivity contribution in [1.82, 2.24) is 5.32 Å². The summed E-state index contributed by atoms with van der Waals surface area (Å²) in [7, 11) is -3.25. The molecule has 152 valence electrons. The zero-order valence-corrected chi connectivity index (χ0v) is 18.1. The average molecular weight is 424 g/mol. The van der Waals surface area contributed by atoms with Crippen LogP contribution in [0.25, 0.3) is 0 Å². The van der Waals surface area contributed by atoms with E-state index in [4.69, 9.17) is 16.3 Å². The molecule has 2 aromatic rings. The predicted octanol–water partition coefficient (Wildman–Crippen LogP) is 4.48. The summed E-state index contributed by atoms with van der Waals surface area (Å²) < 4.78 is 29.1. The van der Waals surface area contributed by atoms with Gasteiger partial charge in [0.15, 0.2) is 15.9 Å². The fourth-order valence-electron chi connectivity index (χ4n) is 2.81. The van der Waals surface area contributed by atoms with E-state index in [1.807, 2.05) is 20.8 Å². The number of nitrogens with one attached hydrogen (secondary N) is 1. The predicted molar refractivity (Wildman–Crippen MR) is 112 cm³/mol. The first-order valence-electron chi connectivity index (χ1n) is 9.18. The van der Waals surface area contributed by atoms with Crippen LogP contribution in [0.15, 0.2) is 47.4 Å². The molecule has 2 atom stereocenters. The van der Waals surface area contributed by atoms with E-state index in [9.17, 15) is 13.2 Å². The van der Waals surface area contributed by atoms with Crippen molar-refractivity contribution in [2.75, 3.05) is 6.26 Å². The van der Waals surface area contributed by atoms with Gasteiger partial charge in [0.1, 0.15) is 5.75 Å². The number of carbonyl (C=O) groups is 1. The van der Waals surface area contributed by atoms with Crippen molar-refractivity contribution in [3.8, 4) is 5.75 Å². The lowest BCUT2D eigenvalue weighted by Crippen LogP contribution is -2.40. The number of carbonyl (C=O) groups excluding carboxylic acids is 1. The fraction of sp³-hybridized carbons (Fsp3) is 0.381. The lowest BCUT2D eigenvalue weighted by Gasteiger charge is -2.23. The van der Waals surface area contributed by atoms with Gasteiger partial charge in [-0.05, 0) is 61.2 Å². The Labute approximate surface area is 172 Å². The normalized spacial score (nSPS) is 13.6. The highest BCUT2D eigenvalue weighted by Crippen LogP contribution is 2.23. The second kappa shape index (κ2) is 9.43. The average Bonchev–Trinajstić information content (AvgIpc) is 2.66. The first-order chi connectivity index (χ1) is 13.2. The van der Waals surface area contributed by atoms with Crippen LogP contribution in [0.4, 0.5) is 0 Å². The van der Waals surface area contributed by atoms with Gasteiger partial charge in [-0.15, -0.1) is 0 Å². The third-order valence-corrected chi connectivity index (χ3v) is 6.06. The Kier molecular flexibility index (Phi) is 7.49. The standard InChI is InChI=1S/C21H26ClNO4S/c1-5-19(15-7-10-17(11-8-15)28(4,25)26)23-21(24)20(6-2)27-16-9-12-18(22)14(3)13-16/h7-13,19-20H,5-6H2,1-4H3,(H,23,24)/t19-,20-/m0/s1. The number of amides is 1. The van der Waals surface area contributed by atoms with Crippen LogP contribution in [0.5, 0.6) is 5.75 Å². The van der Waals surface area contributed by atoms with E-state index in [1.165, 1.54) is 6.26 Å². The topological polar surface area (TPSA) is 72.5 Å². The highest BCUT2D eigenvalue weighted by atomic mass is 35.5. The molecule has 1 N–H and O–H groups in total. The molecule has 0 bridgehead atoms. The second-order valence-electron chi connectivity index (χ2n) is 6.74.